The lowest BCUT2D eigenvalue weighted by Crippen LogP contribution is -2.60. The monoisotopic (exact) mass is 368 g/mol. The van der Waals surface area contributed by atoms with Crippen LogP contribution >= 0.6 is 27.5 Å². The number of halogens is 2. The highest BCUT2D eigenvalue weighted by Crippen LogP contribution is 2.31. The topological polar surface area (TPSA) is 99.4 Å². The maximum absolute atomic E-state index is 9.83. The van der Waals surface area contributed by atoms with Crippen molar-refractivity contribution in [2.75, 3.05) is 6.61 Å². The summed E-state index contributed by atoms with van der Waals surface area (Å²) in [6.45, 7) is -0.515. The molecule has 0 bridgehead atoms. The molecule has 3 unspecified atom stereocenters. The van der Waals surface area contributed by atoms with Crippen molar-refractivity contribution in [1.29, 1.82) is 0 Å². The second kappa shape index (κ2) is 6.57. The van der Waals surface area contributed by atoms with Gasteiger partial charge in [-0.15, -0.1) is 0 Å². The lowest BCUT2D eigenvalue weighted by atomic mass is 9.99. The van der Waals surface area contributed by atoms with Gasteiger partial charge in [0.15, 0.2) is 0 Å². The van der Waals surface area contributed by atoms with Crippen LogP contribution in [0, 0.1) is 0 Å². The van der Waals surface area contributed by atoms with Gasteiger partial charge in [-0.25, -0.2) is 0 Å². The molecule has 1 aromatic rings. The summed E-state index contributed by atoms with van der Waals surface area (Å²) in [7, 11) is 0. The largest absolute Gasteiger partial charge is 0.460 e. The molecule has 6 nitrogen and oxygen atoms in total. The van der Waals surface area contributed by atoms with Gasteiger partial charge in [0.2, 0.25) is 6.29 Å². The van der Waals surface area contributed by atoms with Gasteiger partial charge >= 0.3 is 0 Å². The van der Waals surface area contributed by atoms with Crippen LogP contribution in [-0.2, 0) is 4.74 Å². The summed E-state index contributed by atoms with van der Waals surface area (Å²) in [5.41, 5.74) is 0. The number of aliphatic hydroxyl groups is 4. The normalized spacial score (nSPS) is 34.0. The van der Waals surface area contributed by atoms with Gasteiger partial charge in [-0.2, -0.15) is 0 Å². The van der Waals surface area contributed by atoms with E-state index < -0.39 is 37.3 Å². The van der Waals surface area contributed by atoms with Crippen LogP contribution in [0.25, 0.3) is 0 Å². The second-order valence-electron chi connectivity index (χ2n) is 4.39. The van der Waals surface area contributed by atoms with E-state index in [4.69, 9.17) is 26.2 Å². The van der Waals surface area contributed by atoms with Crippen LogP contribution in [0.3, 0.4) is 0 Å². The summed E-state index contributed by atoms with van der Waals surface area (Å²) < 4.78 is 11.4. The van der Waals surface area contributed by atoms with Gasteiger partial charge in [-0.3, -0.25) is 0 Å². The predicted octanol–water partition coefficient (Wildman–Crippen LogP) is 0.281. The van der Waals surface area contributed by atoms with Crippen molar-refractivity contribution >= 4 is 27.5 Å². The van der Waals surface area contributed by atoms with E-state index >= 15 is 0 Å². The average molecular weight is 370 g/mol. The van der Waals surface area contributed by atoms with Crippen molar-refractivity contribution in [3.05, 3.63) is 27.7 Å². The SMILES string of the molecule is OCC1O[C@H](Oc2ccc(Br)cc2Cl)C(O)C(O)[C@@H]1O. The lowest BCUT2D eigenvalue weighted by molar-refractivity contribution is -0.277. The molecule has 1 saturated heterocycles. The zero-order valence-electron chi connectivity index (χ0n) is 10.2. The number of ether oxygens (including phenoxy) is 2. The fourth-order valence-electron chi connectivity index (χ4n) is 1.86. The molecule has 2 rings (SSSR count). The highest BCUT2D eigenvalue weighted by atomic mass is 79.9. The molecule has 0 radical (unpaired) electrons. The molecule has 1 aromatic carbocycles. The van der Waals surface area contributed by atoms with Crippen LogP contribution in [0.5, 0.6) is 5.75 Å². The minimum atomic E-state index is -1.49. The summed E-state index contributed by atoms with van der Waals surface area (Å²) in [5, 5.41) is 38.5. The van der Waals surface area contributed by atoms with Crippen molar-refractivity contribution in [2.45, 2.75) is 30.7 Å². The maximum atomic E-state index is 9.83. The maximum Gasteiger partial charge on any atom is 0.229 e. The molecule has 1 heterocycles. The van der Waals surface area contributed by atoms with Crippen LogP contribution in [0.1, 0.15) is 0 Å². The van der Waals surface area contributed by atoms with Crippen LogP contribution in [0.2, 0.25) is 5.02 Å². The second-order valence-corrected chi connectivity index (χ2v) is 5.71. The molecule has 8 heteroatoms. The van der Waals surface area contributed by atoms with E-state index in [0.717, 1.165) is 4.47 Å². The molecular weight excluding hydrogens is 355 g/mol. The highest BCUT2D eigenvalue weighted by Gasteiger charge is 2.44. The molecule has 112 valence electrons. The summed E-state index contributed by atoms with van der Waals surface area (Å²) in [6, 6.07) is 4.85. The Hall–Kier alpha value is -0.410. The Labute approximate surface area is 128 Å². The van der Waals surface area contributed by atoms with Gasteiger partial charge in [-0.05, 0) is 18.2 Å². The summed E-state index contributed by atoms with van der Waals surface area (Å²) in [6.07, 6.45) is -6.64. The Kier molecular flexibility index (Phi) is 5.25. The molecule has 1 aliphatic rings. The zero-order chi connectivity index (χ0) is 14.9. The molecule has 0 amide bonds. The van der Waals surface area contributed by atoms with Crippen molar-refractivity contribution in [2.24, 2.45) is 0 Å². The molecule has 1 fully saturated rings. The molecular formula is C12H14BrClO6. The van der Waals surface area contributed by atoms with Crippen molar-refractivity contribution in [3.63, 3.8) is 0 Å². The third-order valence-corrected chi connectivity index (χ3v) is 3.77. The molecule has 0 saturated carbocycles. The molecule has 4 N–H and O–H groups in total. The number of aliphatic hydroxyl groups excluding tert-OH is 4. The summed E-state index contributed by atoms with van der Waals surface area (Å²) >= 11 is 9.22. The Balaban J connectivity index is 2.15. The van der Waals surface area contributed by atoms with E-state index in [0.29, 0.717) is 0 Å². The minimum Gasteiger partial charge on any atom is -0.460 e. The van der Waals surface area contributed by atoms with E-state index in [1.54, 1.807) is 18.2 Å². The number of hydrogen-bond donors (Lipinski definition) is 4. The van der Waals surface area contributed by atoms with E-state index in [1.165, 1.54) is 0 Å². The van der Waals surface area contributed by atoms with E-state index in [9.17, 15) is 15.3 Å². The fraction of sp³-hybridized carbons (Fsp3) is 0.500. The smallest absolute Gasteiger partial charge is 0.229 e. The van der Waals surface area contributed by atoms with E-state index in [1.807, 2.05) is 0 Å². The third-order valence-electron chi connectivity index (χ3n) is 2.99. The summed E-state index contributed by atoms with van der Waals surface area (Å²) in [4.78, 5) is 0. The molecule has 5 atom stereocenters. The molecule has 20 heavy (non-hydrogen) atoms. The quantitative estimate of drug-likeness (QED) is 0.611. The Morgan fingerprint density at radius 2 is 1.90 bits per heavy atom. The van der Waals surface area contributed by atoms with Crippen LogP contribution in [0.4, 0.5) is 0 Å². The van der Waals surface area contributed by atoms with E-state index in [2.05, 4.69) is 15.9 Å². The molecule has 0 aliphatic carbocycles. The standard InChI is InChI=1S/C12H14BrClO6/c13-5-1-2-7(6(14)3-5)19-12-11(18)10(17)9(16)8(4-15)20-12/h1-3,8-12,15-18H,4H2/t8?,9-,10?,11?,12+/m1/s1. The fourth-order valence-corrected chi connectivity index (χ4v) is 2.58. The number of hydrogen-bond acceptors (Lipinski definition) is 6. The van der Waals surface area contributed by atoms with Gasteiger partial charge in [0.05, 0.1) is 11.6 Å². The van der Waals surface area contributed by atoms with Gasteiger partial charge in [0.25, 0.3) is 0 Å². The van der Waals surface area contributed by atoms with Crippen molar-refractivity contribution in [3.8, 4) is 5.75 Å². The molecule has 0 spiro atoms. The minimum absolute atomic E-state index is 0.249. The zero-order valence-corrected chi connectivity index (χ0v) is 12.5. The first kappa shape index (κ1) is 16.0. The van der Waals surface area contributed by atoms with Gasteiger partial charge in [0.1, 0.15) is 30.2 Å². The highest BCUT2D eigenvalue weighted by molar-refractivity contribution is 9.10. The van der Waals surface area contributed by atoms with Gasteiger partial charge in [-0.1, -0.05) is 27.5 Å². The third kappa shape index (κ3) is 3.25. The predicted molar refractivity (Wildman–Crippen MR) is 73.5 cm³/mol. The average Bonchev–Trinajstić information content (AvgIpc) is 2.42. The van der Waals surface area contributed by atoms with Crippen molar-refractivity contribution in [1.82, 2.24) is 0 Å². The first-order chi connectivity index (χ1) is 9.43. The van der Waals surface area contributed by atoms with Gasteiger partial charge in [0, 0.05) is 4.47 Å². The summed E-state index contributed by atoms with van der Waals surface area (Å²) in [5.74, 6) is 0.249. The Bertz CT molecular complexity index is 471. The van der Waals surface area contributed by atoms with Crippen LogP contribution in [-0.4, -0.2) is 57.7 Å². The Morgan fingerprint density at radius 1 is 1.20 bits per heavy atom. The first-order valence-electron chi connectivity index (χ1n) is 5.86. The Morgan fingerprint density at radius 3 is 2.50 bits per heavy atom. The van der Waals surface area contributed by atoms with Gasteiger partial charge < -0.3 is 29.9 Å². The number of rotatable bonds is 3. The van der Waals surface area contributed by atoms with E-state index in [-0.39, 0.29) is 10.8 Å². The molecule has 0 aromatic heterocycles. The number of benzene rings is 1. The molecule has 1 aliphatic heterocycles. The van der Waals surface area contributed by atoms with Crippen molar-refractivity contribution < 1.29 is 29.9 Å². The van der Waals surface area contributed by atoms with Crippen LogP contribution in [0.15, 0.2) is 22.7 Å². The van der Waals surface area contributed by atoms with Crippen LogP contribution < -0.4 is 4.74 Å². The lowest BCUT2D eigenvalue weighted by Gasteiger charge is -2.39. The first-order valence-corrected chi connectivity index (χ1v) is 7.03.